The first-order valence-corrected chi connectivity index (χ1v) is 9.70. The lowest BCUT2D eigenvalue weighted by Crippen LogP contribution is -2.43. The van der Waals surface area contributed by atoms with Crippen molar-refractivity contribution in [3.05, 3.63) is 36.5 Å². The number of nitrogens with zero attached hydrogens (tertiary/aromatic N) is 3. The molecule has 4 heteroatoms. The third kappa shape index (κ3) is 3.48. The third-order valence-corrected chi connectivity index (χ3v) is 5.71. The highest BCUT2D eigenvalue weighted by Gasteiger charge is 2.29. The highest BCUT2D eigenvalue weighted by Crippen LogP contribution is 2.29. The first kappa shape index (κ1) is 16.4. The number of aromatic nitrogens is 1. The van der Waals surface area contributed by atoms with E-state index in [2.05, 4.69) is 45.1 Å². The number of hydrogen-bond acceptors (Lipinski definition) is 3. The smallest absolute Gasteiger partial charge is 0.225 e. The Bertz CT molecular complexity index is 724. The molecular formula is C21H27N3O. The molecule has 2 fully saturated rings. The molecule has 132 valence electrons. The largest absolute Gasteiger partial charge is 0.356 e. The summed E-state index contributed by atoms with van der Waals surface area (Å²) < 4.78 is 0. The van der Waals surface area contributed by atoms with E-state index in [-0.39, 0.29) is 5.92 Å². The Hall–Kier alpha value is -2.10. The minimum absolute atomic E-state index is 0.198. The van der Waals surface area contributed by atoms with Crippen molar-refractivity contribution >= 4 is 22.5 Å². The number of hydrogen-bond donors (Lipinski definition) is 0. The highest BCUT2D eigenvalue weighted by molar-refractivity contribution is 5.92. The summed E-state index contributed by atoms with van der Waals surface area (Å²) in [6.07, 6.45) is 8.67. The molecule has 0 N–H and O–H groups in total. The Balaban J connectivity index is 1.43. The number of amides is 1. The zero-order valence-electron chi connectivity index (χ0n) is 14.9. The van der Waals surface area contributed by atoms with Crippen LogP contribution in [0.4, 0.5) is 5.82 Å². The second-order valence-corrected chi connectivity index (χ2v) is 7.36. The fraction of sp³-hybridized carbons (Fsp3) is 0.524. The Kier molecular flexibility index (Phi) is 4.86. The minimum atomic E-state index is 0.198. The van der Waals surface area contributed by atoms with E-state index in [1.165, 1.54) is 36.5 Å². The van der Waals surface area contributed by atoms with Gasteiger partial charge in [-0.15, -0.1) is 0 Å². The number of pyridine rings is 1. The summed E-state index contributed by atoms with van der Waals surface area (Å²) in [5.41, 5.74) is 0. The van der Waals surface area contributed by atoms with Gasteiger partial charge < -0.3 is 9.80 Å². The van der Waals surface area contributed by atoms with Crippen LogP contribution in [-0.4, -0.2) is 42.0 Å². The molecule has 0 radical (unpaired) electrons. The number of benzene rings is 1. The number of fused-ring (bicyclic) bond motifs is 1. The van der Waals surface area contributed by atoms with Crippen LogP contribution in [-0.2, 0) is 4.79 Å². The SMILES string of the molecule is O=C(C1CCN(c2nccc3ccccc23)CC1)N1CCCCCC1. The second-order valence-electron chi connectivity index (χ2n) is 7.36. The first-order valence-electron chi connectivity index (χ1n) is 9.70. The third-order valence-electron chi connectivity index (χ3n) is 5.71. The molecule has 2 aromatic rings. The topological polar surface area (TPSA) is 36.4 Å². The summed E-state index contributed by atoms with van der Waals surface area (Å²) >= 11 is 0. The molecule has 1 amide bonds. The zero-order valence-corrected chi connectivity index (χ0v) is 14.9. The fourth-order valence-electron chi connectivity index (χ4n) is 4.24. The molecule has 2 saturated heterocycles. The van der Waals surface area contributed by atoms with Gasteiger partial charge in [-0.1, -0.05) is 37.1 Å². The summed E-state index contributed by atoms with van der Waals surface area (Å²) in [6, 6.07) is 10.5. The molecule has 4 nitrogen and oxygen atoms in total. The van der Waals surface area contributed by atoms with E-state index in [1.54, 1.807) is 0 Å². The van der Waals surface area contributed by atoms with Crippen LogP contribution in [0.2, 0.25) is 0 Å². The molecule has 25 heavy (non-hydrogen) atoms. The standard InChI is InChI=1S/C21H27N3O/c25-21(24-13-5-1-2-6-14-24)18-10-15-23(16-11-18)20-19-8-4-3-7-17(19)9-12-22-20/h3-4,7-9,12,18H,1-2,5-6,10-11,13-16H2. The van der Waals surface area contributed by atoms with Crippen molar-refractivity contribution in [1.29, 1.82) is 0 Å². The highest BCUT2D eigenvalue weighted by atomic mass is 16.2. The lowest BCUT2D eigenvalue weighted by molar-refractivity contribution is -0.136. The van der Waals surface area contributed by atoms with Crippen LogP contribution < -0.4 is 4.90 Å². The molecule has 4 rings (SSSR count). The maximum atomic E-state index is 12.9. The average Bonchev–Trinajstić information content (AvgIpc) is 2.97. The number of carbonyl (C=O) groups is 1. The normalized spacial score (nSPS) is 19.8. The number of likely N-dealkylation sites (tertiary alicyclic amines) is 1. The van der Waals surface area contributed by atoms with Gasteiger partial charge in [-0.25, -0.2) is 4.98 Å². The zero-order chi connectivity index (χ0) is 17.1. The molecule has 0 aliphatic carbocycles. The van der Waals surface area contributed by atoms with Gasteiger partial charge in [0.25, 0.3) is 0 Å². The minimum Gasteiger partial charge on any atom is -0.356 e. The van der Waals surface area contributed by atoms with Crippen LogP contribution in [0.25, 0.3) is 10.8 Å². The lowest BCUT2D eigenvalue weighted by atomic mass is 9.94. The second kappa shape index (κ2) is 7.42. The monoisotopic (exact) mass is 337 g/mol. The summed E-state index contributed by atoms with van der Waals surface area (Å²) in [5, 5.41) is 2.44. The van der Waals surface area contributed by atoms with Crippen molar-refractivity contribution in [1.82, 2.24) is 9.88 Å². The number of rotatable bonds is 2. The average molecular weight is 337 g/mol. The predicted molar refractivity (Wildman–Crippen MR) is 102 cm³/mol. The van der Waals surface area contributed by atoms with E-state index in [1.807, 2.05) is 6.20 Å². The molecule has 3 heterocycles. The molecule has 1 aromatic heterocycles. The first-order chi connectivity index (χ1) is 12.3. The van der Waals surface area contributed by atoms with Gasteiger partial charge in [-0.05, 0) is 37.1 Å². The van der Waals surface area contributed by atoms with Crippen molar-refractivity contribution in [2.24, 2.45) is 5.92 Å². The van der Waals surface area contributed by atoms with Crippen molar-refractivity contribution < 1.29 is 4.79 Å². The van der Waals surface area contributed by atoms with E-state index in [4.69, 9.17) is 0 Å². The van der Waals surface area contributed by atoms with Gasteiger partial charge in [-0.3, -0.25) is 4.79 Å². The van der Waals surface area contributed by atoms with Crippen LogP contribution in [0.1, 0.15) is 38.5 Å². The van der Waals surface area contributed by atoms with Crippen LogP contribution >= 0.6 is 0 Å². The maximum absolute atomic E-state index is 12.9. The predicted octanol–water partition coefficient (Wildman–Crippen LogP) is 3.85. The Morgan fingerprint density at radius 1 is 0.920 bits per heavy atom. The Morgan fingerprint density at radius 2 is 1.64 bits per heavy atom. The molecule has 0 bridgehead atoms. The van der Waals surface area contributed by atoms with Gasteiger partial charge in [0.1, 0.15) is 5.82 Å². The van der Waals surface area contributed by atoms with Crippen molar-refractivity contribution in [2.75, 3.05) is 31.1 Å². The van der Waals surface area contributed by atoms with E-state index < -0.39 is 0 Å². The quantitative estimate of drug-likeness (QED) is 0.835. The van der Waals surface area contributed by atoms with E-state index in [0.29, 0.717) is 5.91 Å². The molecule has 2 aliphatic heterocycles. The Morgan fingerprint density at radius 3 is 2.40 bits per heavy atom. The van der Waals surface area contributed by atoms with Gasteiger partial charge in [0.2, 0.25) is 5.91 Å². The van der Waals surface area contributed by atoms with E-state index in [0.717, 1.165) is 44.8 Å². The van der Waals surface area contributed by atoms with Crippen LogP contribution in [0.5, 0.6) is 0 Å². The van der Waals surface area contributed by atoms with Gasteiger partial charge >= 0.3 is 0 Å². The Labute approximate surface area is 149 Å². The summed E-state index contributed by atoms with van der Waals surface area (Å²) in [6.45, 7) is 3.77. The fourth-order valence-corrected chi connectivity index (χ4v) is 4.24. The summed E-state index contributed by atoms with van der Waals surface area (Å²) in [7, 11) is 0. The summed E-state index contributed by atoms with van der Waals surface area (Å²) in [4.78, 5) is 22.0. The number of anilines is 1. The van der Waals surface area contributed by atoms with E-state index >= 15 is 0 Å². The van der Waals surface area contributed by atoms with Gasteiger partial charge in [-0.2, -0.15) is 0 Å². The van der Waals surface area contributed by atoms with Crippen LogP contribution in [0.3, 0.4) is 0 Å². The van der Waals surface area contributed by atoms with Crippen LogP contribution in [0, 0.1) is 5.92 Å². The lowest BCUT2D eigenvalue weighted by Gasteiger charge is -2.35. The van der Waals surface area contributed by atoms with Gasteiger partial charge in [0, 0.05) is 43.7 Å². The van der Waals surface area contributed by atoms with Gasteiger partial charge in [0.05, 0.1) is 0 Å². The summed E-state index contributed by atoms with van der Waals surface area (Å²) in [5.74, 6) is 1.66. The van der Waals surface area contributed by atoms with E-state index in [9.17, 15) is 4.79 Å². The molecular weight excluding hydrogens is 310 g/mol. The molecule has 1 aromatic carbocycles. The number of piperidine rings is 1. The molecule has 2 aliphatic rings. The van der Waals surface area contributed by atoms with Crippen molar-refractivity contribution in [3.8, 4) is 0 Å². The van der Waals surface area contributed by atoms with Crippen molar-refractivity contribution in [2.45, 2.75) is 38.5 Å². The number of carbonyl (C=O) groups excluding carboxylic acids is 1. The molecule has 0 atom stereocenters. The molecule has 0 saturated carbocycles. The van der Waals surface area contributed by atoms with Gasteiger partial charge in [0.15, 0.2) is 0 Å². The van der Waals surface area contributed by atoms with Crippen molar-refractivity contribution in [3.63, 3.8) is 0 Å². The van der Waals surface area contributed by atoms with Crippen LogP contribution in [0.15, 0.2) is 36.5 Å². The maximum Gasteiger partial charge on any atom is 0.225 e. The molecule has 0 unspecified atom stereocenters. The molecule has 0 spiro atoms.